The number of rotatable bonds is 2. The van der Waals surface area contributed by atoms with Gasteiger partial charge in [-0.25, -0.2) is 0 Å². The number of esters is 1. The number of benzene rings is 2. The van der Waals surface area contributed by atoms with E-state index < -0.39 is 5.60 Å². The smallest absolute Gasteiger partial charge is 0.310 e. The van der Waals surface area contributed by atoms with Crippen LogP contribution < -0.4 is 0 Å². The molecule has 1 aliphatic carbocycles. The Bertz CT molecular complexity index is 766. The topological polar surface area (TPSA) is 43.4 Å². The van der Waals surface area contributed by atoms with Crippen LogP contribution in [0.2, 0.25) is 0 Å². The van der Waals surface area contributed by atoms with E-state index in [9.17, 15) is 9.59 Å². The van der Waals surface area contributed by atoms with Gasteiger partial charge in [-0.15, -0.1) is 0 Å². The molecule has 2 aromatic rings. The summed E-state index contributed by atoms with van der Waals surface area (Å²) < 4.78 is 5.33. The summed E-state index contributed by atoms with van der Waals surface area (Å²) in [5.41, 5.74) is 3.60. The van der Waals surface area contributed by atoms with Crippen LogP contribution in [0.25, 0.3) is 11.1 Å². The average molecular weight is 294 g/mol. The molecule has 0 atom stereocenters. The van der Waals surface area contributed by atoms with Gasteiger partial charge in [0.15, 0.2) is 5.78 Å². The van der Waals surface area contributed by atoms with Gasteiger partial charge in [0.2, 0.25) is 0 Å². The molecule has 0 unspecified atom stereocenters. The van der Waals surface area contributed by atoms with E-state index in [1.807, 2.05) is 63.2 Å². The molecule has 3 heteroatoms. The summed E-state index contributed by atoms with van der Waals surface area (Å²) in [5, 5.41) is 0. The number of hydrogen-bond donors (Lipinski definition) is 0. The van der Waals surface area contributed by atoms with Crippen molar-refractivity contribution in [2.24, 2.45) is 0 Å². The van der Waals surface area contributed by atoms with Crippen LogP contribution in [0.5, 0.6) is 0 Å². The Kier molecular flexibility index (Phi) is 3.36. The lowest BCUT2D eigenvalue weighted by Gasteiger charge is -2.19. The Balaban J connectivity index is 1.88. The predicted molar refractivity (Wildman–Crippen MR) is 84.9 cm³/mol. The summed E-state index contributed by atoms with van der Waals surface area (Å²) in [6.07, 6.45) is 0.175. The minimum absolute atomic E-state index is 0.0247. The first-order chi connectivity index (χ1) is 10.3. The fraction of sp³-hybridized carbons (Fsp3) is 0.263. The van der Waals surface area contributed by atoms with E-state index in [2.05, 4.69) is 0 Å². The zero-order chi connectivity index (χ0) is 15.9. The normalized spacial score (nSPS) is 12.8. The zero-order valence-corrected chi connectivity index (χ0v) is 13.0. The second-order valence-electron chi connectivity index (χ2n) is 6.52. The molecule has 3 rings (SSSR count). The highest BCUT2D eigenvalue weighted by molar-refractivity contribution is 6.21. The molecule has 0 aromatic heterocycles. The van der Waals surface area contributed by atoms with E-state index in [1.54, 1.807) is 0 Å². The molecule has 0 N–H and O–H groups in total. The predicted octanol–water partition coefficient (Wildman–Crippen LogP) is 3.78. The first-order valence-electron chi connectivity index (χ1n) is 7.34. The van der Waals surface area contributed by atoms with Crippen LogP contribution in [0.15, 0.2) is 42.5 Å². The van der Waals surface area contributed by atoms with Gasteiger partial charge in [-0.1, -0.05) is 36.4 Å². The molecule has 0 amide bonds. The van der Waals surface area contributed by atoms with Crippen LogP contribution in [-0.4, -0.2) is 17.4 Å². The van der Waals surface area contributed by atoms with Crippen molar-refractivity contribution in [3.05, 3.63) is 59.2 Å². The summed E-state index contributed by atoms with van der Waals surface area (Å²) >= 11 is 0. The maximum Gasteiger partial charge on any atom is 0.310 e. The zero-order valence-electron chi connectivity index (χ0n) is 13.0. The Hall–Kier alpha value is -2.42. The van der Waals surface area contributed by atoms with Crippen LogP contribution >= 0.6 is 0 Å². The highest BCUT2D eigenvalue weighted by Gasteiger charge is 2.26. The summed E-state index contributed by atoms with van der Waals surface area (Å²) in [6, 6.07) is 13.2. The lowest BCUT2D eigenvalue weighted by atomic mass is 10.0. The Morgan fingerprint density at radius 2 is 1.59 bits per heavy atom. The van der Waals surface area contributed by atoms with Crippen molar-refractivity contribution in [2.45, 2.75) is 32.8 Å². The molecule has 3 nitrogen and oxygen atoms in total. The molecule has 2 aromatic carbocycles. The van der Waals surface area contributed by atoms with Crippen molar-refractivity contribution in [1.29, 1.82) is 0 Å². The Morgan fingerprint density at radius 3 is 2.27 bits per heavy atom. The van der Waals surface area contributed by atoms with Crippen LogP contribution in [0, 0.1) is 0 Å². The number of fused-ring (bicyclic) bond motifs is 3. The van der Waals surface area contributed by atoms with Crippen molar-refractivity contribution in [3.8, 4) is 11.1 Å². The molecule has 0 fully saturated rings. The number of hydrogen-bond acceptors (Lipinski definition) is 3. The molecule has 112 valence electrons. The fourth-order valence-corrected chi connectivity index (χ4v) is 2.73. The maximum absolute atomic E-state index is 12.4. The van der Waals surface area contributed by atoms with Gasteiger partial charge in [0.1, 0.15) is 5.60 Å². The van der Waals surface area contributed by atoms with Crippen LogP contribution in [-0.2, 0) is 16.0 Å². The summed E-state index contributed by atoms with van der Waals surface area (Å²) in [6.45, 7) is 5.52. The average Bonchev–Trinajstić information content (AvgIpc) is 2.71. The number of ketones is 1. The highest BCUT2D eigenvalue weighted by atomic mass is 16.6. The molecule has 0 bridgehead atoms. The number of carbonyl (C=O) groups excluding carboxylic acids is 2. The molecule has 0 heterocycles. The van der Waals surface area contributed by atoms with Gasteiger partial charge < -0.3 is 4.74 Å². The van der Waals surface area contributed by atoms with Crippen molar-refractivity contribution in [2.75, 3.05) is 0 Å². The molecular formula is C19H18O3. The Labute approximate surface area is 129 Å². The quantitative estimate of drug-likeness (QED) is 0.675. The third-order valence-electron chi connectivity index (χ3n) is 3.56. The molecular weight excluding hydrogens is 276 g/mol. The third kappa shape index (κ3) is 2.67. The van der Waals surface area contributed by atoms with Crippen LogP contribution in [0.1, 0.15) is 42.3 Å². The van der Waals surface area contributed by atoms with E-state index in [4.69, 9.17) is 4.74 Å². The van der Waals surface area contributed by atoms with Crippen molar-refractivity contribution in [3.63, 3.8) is 0 Å². The fourth-order valence-electron chi connectivity index (χ4n) is 2.73. The maximum atomic E-state index is 12.4. The van der Waals surface area contributed by atoms with Crippen molar-refractivity contribution in [1.82, 2.24) is 0 Å². The molecule has 0 saturated carbocycles. The third-order valence-corrected chi connectivity index (χ3v) is 3.56. The molecule has 0 aliphatic heterocycles. The monoisotopic (exact) mass is 294 g/mol. The second kappa shape index (κ2) is 5.09. The van der Waals surface area contributed by atoms with Gasteiger partial charge >= 0.3 is 5.97 Å². The number of carbonyl (C=O) groups is 2. The second-order valence-corrected chi connectivity index (χ2v) is 6.52. The van der Waals surface area contributed by atoms with Crippen LogP contribution in [0.3, 0.4) is 0 Å². The van der Waals surface area contributed by atoms with Gasteiger partial charge in [-0.3, -0.25) is 9.59 Å². The van der Waals surface area contributed by atoms with Gasteiger partial charge in [0.25, 0.3) is 0 Å². The standard InChI is InChI=1S/C19H18O3/c1-19(2,3)22-17(20)11-12-8-9-14-13-6-4-5-7-15(13)18(21)16(14)10-12/h4-10H,11H2,1-3H3. The van der Waals surface area contributed by atoms with Crippen molar-refractivity contribution < 1.29 is 14.3 Å². The lowest BCUT2D eigenvalue weighted by molar-refractivity contribution is -0.153. The van der Waals surface area contributed by atoms with E-state index >= 15 is 0 Å². The van der Waals surface area contributed by atoms with Gasteiger partial charge in [0.05, 0.1) is 6.42 Å². The van der Waals surface area contributed by atoms with Crippen molar-refractivity contribution >= 4 is 11.8 Å². The highest BCUT2D eigenvalue weighted by Crippen LogP contribution is 2.36. The van der Waals surface area contributed by atoms with Gasteiger partial charge in [-0.2, -0.15) is 0 Å². The van der Waals surface area contributed by atoms with Crippen LogP contribution in [0.4, 0.5) is 0 Å². The first kappa shape index (κ1) is 14.5. The van der Waals surface area contributed by atoms with Gasteiger partial charge in [0, 0.05) is 11.1 Å². The largest absolute Gasteiger partial charge is 0.460 e. The minimum Gasteiger partial charge on any atom is -0.460 e. The van der Waals surface area contributed by atoms with E-state index in [1.165, 1.54) is 0 Å². The summed E-state index contributed by atoms with van der Waals surface area (Å²) in [7, 11) is 0. The molecule has 1 aliphatic rings. The summed E-state index contributed by atoms with van der Waals surface area (Å²) in [4.78, 5) is 24.4. The minimum atomic E-state index is -0.500. The SMILES string of the molecule is CC(C)(C)OC(=O)Cc1ccc2c(c1)C(=O)c1ccccc1-2. The molecule has 0 saturated heterocycles. The molecule has 0 spiro atoms. The Morgan fingerprint density at radius 1 is 0.955 bits per heavy atom. The van der Waals surface area contributed by atoms with E-state index in [0.29, 0.717) is 5.56 Å². The molecule has 22 heavy (non-hydrogen) atoms. The van der Waals surface area contributed by atoms with E-state index in [0.717, 1.165) is 22.3 Å². The van der Waals surface area contributed by atoms with Gasteiger partial charge in [-0.05, 0) is 43.5 Å². The lowest BCUT2D eigenvalue weighted by Crippen LogP contribution is -2.24. The van der Waals surface area contributed by atoms with E-state index in [-0.39, 0.29) is 18.2 Å². The summed E-state index contributed by atoms with van der Waals surface area (Å²) in [5.74, 6) is -0.257. The molecule has 0 radical (unpaired) electrons. The number of ether oxygens (including phenoxy) is 1. The first-order valence-corrected chi connectivity index (χ1v) is 7.34.